The highest BCUT2D eigenvalue weighted by molar-refractivity contribution is 6.11. The minimum atomic E-state index is -0.250. The fraction of sp³-hybridized carbons (Fsp3) is 0.250. The summed E-state index contributed by atoms with van der Waals surface area (Å²) in [7, 11) is 0. The van der Waals surface area contributed by atoms with Gasteiger partial charge >= 0.3 is 0 Å². The maximum absolute atomic E-state index is 12.0. The molecule has 0 spiro atoms. The van der Waals surface area contributed by atoms with E-state index in [2.05, 4.69) is 10.3 Å². The molecule has 0 unspecified atom stereocenters. The first-order chi connectivity index (χ1) is 7.83. The lowest BCUT2D eigenvalue weighted by molar-refractivity contribution is 0.103. The van der Waals surface area contributed by atoms with Crippen LogP contribution in [0.1, 0.15) is 23.2 Å². The highest BCUT2D eigenvalue weighted by Gasteiger charge is 2.19. The van der Waals surface area contributed by atoms with Gasteiger partial charge in [0.15, 0.2) is 0 Å². The van der Waals surface area contributed by atoms with Crippen molar-refractivity contribution in [1.29, 1.82) is 5.26 Å². The predicted molar refractivity (Wildman–Crippen MR) is 58.4 cm³/mol. The van der Waals surface area contributed by atoms with Crippen molar-refractivity contribution in [2.75, 3.05) is 6.54 Å². The van der Waals surface area contributed by atoms with Crippen molar-refractivity contribution in [1.82, 2.24) is 10.3 Å². The molecule has 16 heavy (non-hydrogen) atoms. The number of carbonyl (C=O) groups is 1. The Morgan fingerprint density at radius 2 is 2.44 bits per heavy atom. The van der Waals surface area contributed by atoms with E-state index in [1.807, 2.05) is 6.07 Å². The molecule has 1 saturated heterocycles. The topological polar surface area (TPSA) is 65.8 Å². The van der Waals surface area contributed by atoms with Crippen LogP contribution in [-0.4, -0.2) is 17.3 Å². The molecule has 80 valence electrons. The number of pyridine rings is 1. The summed E-state index contributed by atoms with van der Waals surface area (Å²) < 4.78 is 0. The van der Waals surface area contributed by atoms with Crippen molar-refractivity contribution in [2.24, 2.45) is 0 Å². The monoisotopic (exact) mass is 213 g/mol. The van der Waals surface area contributed by atoms with E-state index in [1.165, 1.54) is 6.20 Å². The molecule has 2 heterocycles. The van der Waals surface area contributed by atoms with Gasteiger partial charge < -0.3 is 5.32 Å². The summed E-state index contributed by atoms with van der Waals surface area (Å²) in [6.07, 6.45) is 4.83. The lowest BCUT2D eigenvalue weighted by Gasteiger charge is -2.03. The molecule has 0 atom stereocenters. The molecule has 2 rings (SSSR count). The Kier molecular flexibility index (Phi) is 2.97. The number of aromatic nitrogens is 1. The number of carbonyl (C=O) groups excluding carboxylic acids is 1. The first-order valence-corrected chi connectivity index (χ1v) is 5.15. The van der Waals surface area contributed by atoms with E-state index in [-0.39, 0.29) is 11.4 Å². The SMILES string of the molecule is N#C/C(C(=O)c1cccnc1)=C1\CCCN1. The summed E-state index contributed by atoms with van der Waals surface area (Å²) >= 11 is 0. The third kappa shape index (κ3) is 1.94. The van der Waals surface area contributed by atoms with Crippen LogP contribution in [0.4, 0.5) is 0 Å². The largest absolute Gasteiger partial charge is 0.387 e. The van der Waals surface area contributed by atoms with Crippen LogP contribution >= 0.6 is 0 Å². The molecule has 0 saturated carbocycles. The zero-order valence-corrected chi connectivity index (χ0v) is 8.73. The average molecular weight is 213 g/mol. The van der Waals surface area contributed by atoms with E-state index in [0.717, 1.165) is 25.1 Å². The van der Waals surface area contributed by atoms with Crippen molar-refractivity contribution in [3.8, 4) is 6.07 Å². The van der Waals surface area contributed by atoms with E-state index in [0.29, 0.717) is 5.56 Å². The normalized spacial score (nSPS) is 17.4. The Hall–Kier alpha value is -2.15. The number of Topliss-reactive ketones (excluding diaryl/α,β-unsaturated/α-hetero) is 1. The quantitative estimate of drug-likeness (QED) is 0.458. The van der Waals surface area contributed by atoms with Crippen LogP contribution in [0, 0.1) is 11.3 Å². The van der Waals surface area contributed by atoms with Crippen LogP contribution in [0.3, 0.4) is 0 Å². The van der Waals surface area contributed by atoms with E-state index in [9.17, 15) is 4.79 Å². The van der Waals surface area contributed by atoms with Crippen molar-refractivity contribution in [3.63, 3.8) is 0 Å². The van der Waals surface area contributed by atoms with Gasteiger partial charge in [-0.2, -0.15) is 5.26 Å². The van der Waals surface area contributed by atoms with Crippen LogP contribution in [0.15, 0.2) is 35.8 Å². The molecule has 0 aromatic carbocycles. The first-order valence-electron chi connectivity index (χ1n) is 5.15. The summed E-state index contributed by atoms with van der Waals surface area (Å²) in [4.78, 5) is 15.9. The number of rotatable bonds is 2. The lowest BCUT2D eigenvalue weighted by Crippen LogP contribution is -2.12. The zero-order valence-electron chi connectivity index (χ0n) is 8.73. The number of hydrogen-bond donors (Lipinski definition) is 1. The van der Waals surface area contributed by atoms with Crippen LogP contribution in [0.2, 0.25) is 0 Å². The third-order valence-corrected chi connectivity index (χ3v) is 2.51. The fourth-order valence-electron chi connectivity index (χ4n) is 1.70. The molecule has 1 N–H and O–H groups in total. The Morgan fingerprint density at radius 1 is 1.56 bits per heavy atom. The van der Waals surface area contributed by atoms with Gasteiger partial charge in [0.25, 0.3) is 0 Å². The van der Waals surface area contributed by atoms with E-state index in [1.54, 1.807) is 18.3 Å². The van der Waals surface area contributed by atoms with Crippen molar-refractivity contribution in [3.05, 3.63) is 41.4 Å². The zero-order chi connectivity index (χ0) is 11.4. The van der Waals surface area contributed by atoms with Gasteiger partial charge in [0.2, 0.25) is 5.78 Å². The first kappa shape index (κ1) is 10.4. The Balaban J connectivity index is 2.34. The molecule has 1 aromatic rings. The van der Waals surface area contributed by atoms with Gasteiger partial charge in [-0.1, -0.05) is 0 Å². The minimum Gasteiger partial charge on any atom is -0.387 e. The molecular formula is C12H11N3O. The Labute approximate surface area is 93.6 Å². The van der Waals surface area contributed by atoms with Crippen LogP contribution in [0.25, 0.3) is 0 Å². The third-order valence-electron chi connectivity index (χ3n) is 2.51. The number of ketones is 1. The van der Waals surface area contributed by atoms with E-state index >= 15 is 0 Å². The molecule has 0 aliphatic carbocycles. The molecule has 1 aliphatic rings. The van der Waals surface area contributed by atoms with E-state index < -0.39 is 0 Å². The van der Waals surface area contributed by atoms with E-state index in [4.69, 9.17) is 5.26 Å². The van der Waals surface area contributed by atoms with Gasteiger partial charge in [0, 0.05) is 30.2 Å². The van der Waals surface area contributed by atoms with Gasteiger partial charge in [0.1, 0.15) is 11.6 Å². The van der Waals surface area contributed by atoms with Gasteiger partial charge in [-0.05, 0) is 25.0 Å². The highest BCUT2D eigenvalue weighted by Crippen LogP contribution is 2.17. The number of hydrogen-bond acceptors (Lipinski definition) is 4. The second-order valence-electron chi connectivity index (χ2n) is 3.57. The standard InChI is InChI=1S/C12H11N3O/c13-7-10(11-4-2-6-15-11)12(16)9-3-1-5-14-8-9/h1,3,5,8,15H,2,4,6H2/b11-10-. The summed E-state index contributed by atoms with van der Waals surface area (Å²) in [6, 6.07) is 5.34. The van der Waals surface area contributed by atoms with Crippen molar-refractivity contribution in [2.45, 2.75) is 12.8 Å². The molecule has 0 bridgehead atoms. The van der Waals surface area contributed by atoms with Crippen molar-refractivity contribution >= 4 is 5.78 Å². The molecule has 1 fully saturated rings. The van der Waals surface area contributed by atoms with Gasteiger partial charge in [-0.3, -0.25) is 9.78 Å². The number of nitrogens with one attached hydrogen (secondary N) is 1. The molecule has 1 aliphatic heterocycles. The minimum absolute atomic E-state index is 0.213. The van der Waals surface area contributed by atoms with Gasteiger partial charge in [0.05, 0.1) is 0 Å². The predicted octanol–water partition coefficient (Wildman–Crippen LogP) is 1.43. The van der Waals surface area contributed by atoms with Gasteiger partial charge in [-0.15, -0.1) is 0 Å². The second kappa shape index (κ2) is 4.58. The average Bonchev–Trinajstić information content (AvgIpc) is 2.85. The van der Waals surface area contributed by atoms with Gasteiger partial charge in [-0.25, -0.2) is 0 Å². The number of nitrogens with zero attached hydrogens (tertiary/aromatic N) is 2. The summed E-state index contributed by atoms with van der Waals surface area (Å²) in [5.41, 5.74) is 1.43. The number of allylic oxidation sites excluding steroid dienone is 2. The van der Waals surface area contributed by atoms with Crippen LogP contribution in [-0.2, 0) is 0 Å². The van der Waals surface area contributed by atoms with Crippen LogP contribution < -0.4 is 5.32 Å². The second-order valence-corrected chi connectivity index (χ2v) is 3.57. The van der Waals surface area contributed by atoms with Crippen molar-refractivity contribution < 1.29 is 4.79 Å². The molecule has 4 nitrogen and oxygen atoms in total. The maximum Gasteiger partial charge on any atom is 0.206 e. The Bertz CT molecular complexity index is 463. The summed E-state index contributed by atoms with van der Waals surface area (Å²) in [6.45, 7) is 0.834. The smallest absolute Gasteiger partial charge is 0.206 e. The molecule has 1 aromatic heterocycles. The fourth-order valence-corrected chi connectivity index (χ4v) is 1.70. The highest BCUT2D eigenvalue weighted by atomic mass is 16.1. The molecule has 4 heteroatoms. The lowest BCUT2D eigenvalue weighted by atomic mass is 10.0. The summed E-state index contributed by atoms with van der Waals surface area (Å²) in [5.74, 6) is -0.250. The molecule has 0 radical (unpaired) electrons. The summed E-state index contributed by atoms with van der Waals surface area (Å²) in [5, 5.41) is 12.1. The maximum atomic E-state index is 12.0. The molecule has 0 amide bonds. The Morgan fingerprint density at radius 3 is 3.00 bits per heavy atom. The number of nitriles is 1. The van der Waals surface area contributed by atoms with Crippen LogP contribution in [0.5, 0.6) is 0 Å². The molecular weight excluding hydrogens is 202 g/mol.